The van der Waals surface area contributed by atoms with Crippen LogP contribution in [-0.2, 0) is 20.8 Å². The number of nitrogens with zero attached hydrogens (tertiary/aromatic N) is 2. The first-order chi connectivity index (χ1) is 15.8. The number of hydrogen-bond donors (Lipinski definition) is 1. The number of hydrogen-bond acceptors (Lipinski definition) is 7. The first kappa shape index (κ1) is 23.6. The minimum absolute atomic E-state index is 0.0231. The summed E-state index contributed by atoms with van der Waals surface area (Å²) >= 11 is 12.6. The number of aromatic nitrogens is 1. The predicted octanol–water partition coefficient (Wildman–Crippen LogP) is 2.66. The summed E-state index contributed by atoms with van der Waals surface area (Å²) in [6, 6.07) is 6.64. The van der Waals surface area contributed by atoms with E-state index in [9.17, 15) is 9.59 Å². The lowest BCUT2D eigenvalue weighted by molar-refractivity contribution is -0.136. The number of morpholine rings is 1. The number of nitrogens with two attached hydrogens (primary N) is 1. The molecule has 1 atom stereocenters. The predicted molar refractivity (Wildman–Crippen MR) is 125 cm³/mol. The zero-order valence-corrected chi connectivity index (χ0v) is 19.9. The van der Waals surface area contributed by atoms with Crippen molar-refractivity contribution in [2.75, 3.05) is 40.0 Å². The Hall–Kier alpha value is -2.52. The molecule has 1 aromatic heterocycles. The summed E-state index contributed by atoms with van der Waals surface area (Å²) in [5, 5.41) is 0.730. The van der Waals surface area contributed by atoms with Gasteiger partial charge in [-0.05, 0) is 24.6 Å². The van der Waals surface area contributed by atoms with Gasteiger partial charge in [0.2, 0.25) is 5.88 Å². The molecule has 2 N–H and O–H groups in total. The summed E-state index contributed by atoms with van der Waals surface area (Å²) in [7, 11) is 1.24. The van der Waals surface area contributed by atoms with Crippen molar-refractivity contribution >= 4 is 29.2 Å². The fourth-order valence-corrected chi connectivity index (χ4v) is 4.80. The third-order valence-corrected chi connectivity index (χ3v) is 6.55. The fraction of sp³-hybridized carbons (Fsp3) is 0.391. The lowest BCUT2D eigenvalue weighted by Gasteiger charge is -2.30. The molecule has 8 nitrogen and oxygen atoms in total. The van der Waals surface area contributed by atoms with Crippen LogP contribution >= 0.6 is 23.2 Å². The molecule has 33 heavy (non-hydrogen) atoms. The molecular weight excluding hydrogens is 469 g/mol. The van der Waals surface area contributed by atoms with Gasteiger partial charge >= 0.3 is 5.97 Å². The van der Waals surface area contributed by atoms with Crippen molar-refractivity contribution in [2.45, 2.75) is 19.4 Å². The standard InChI is InChI=1S/C23H25Cl2N3O5/c1-13-11-17-19(22(29)28(13)6-5-27-7-9-32-10-8-27)18(15-4-3-14(24)12-16(15)25)20(21(26)33-17)23(30)31-2/h3-4,11-12,18H,5-10,26H2,1-2H3. The van der Waals surface area contributed by atoms with Crippen molar-refractivity contribution in [3.8, 4) is 5.75 Å². The number of rotatable bonds is 5. The average molecular weight is 494 g/mol. The van der Waals surface area contributed by atoms with Gasteiger partial charge in [0.15, 0.2) is 0 Å². The summed E-state index contributed by atoms with van der Waals surface area (Å²) < 4.78 is 17.8. The molecule has 1 aromatic carbocycles. The van der Waals surface area contributed by atoms with E-state index < -0.39 is 11.9 Å². The third kappa shape index (κ3) is 4.61. The smallest absolute Gasteiger partial charge is 0.340 e. The van der Waals surface area contributed by atoms with Gasteiger partial charge in [-0.25, -0.2) is 4.79 Å². The van der Waals surface area contributed by atoms with Crippen LogP contribution < -0.4 is 16.0 Å². The highest BCUT2D eigenvalue weighted by atomic mass is 35.5. The van der Waals surface area contributed by atoms with Gasteiger partial charge < -0.3 is 24.5 Å². The van der Waals surface area contributed by atoms with Gasteiger partial charge in [0, 0.05) is 48.0 Å². The average Bonchev–Trinajstić information content (AvgIpc) is 2.78. The number of esters is 1. The van der Waals surface area contributed by atoms with Crippen molar-refractivity contribution in [1.29, 1.82) is 0 Å². The van der Waals surface area contributed by atoms with Gasteiger partial charge in [-0.3, -0.25) is 9.69 Å². The molecule has 176 valence electrons. The molecule has 4 rings (SSSR count). The van der Waals surface area contributed by atoms with Crippen LogP contribution in [0.2, 0.25) is 10.0 Å². The Bertz CT molecular complexity index is 1170. The zero-order valence-electron chi connectivity index (χ0n) is 18.4. The third-order valence-electron chi connectivity index (χ3n) is 5.99. The fourth-order valence-electron chi connectivity index (χ4n) is 4.29. The molecular formula is C23H25Cl2N3O5. The van der Waals surface area contributed by atoms with Crippen LogP contribution in [0.5, 0.6) is 5.75 Å². The Balaban J connectivity index is 1.84. The van der Waals surface area contributed by atoms with E-state index in [2.05, 4.69) is 4.90 Å². The van der Waals surface area contributed by atoms with Crippen molar-refractivity contribution in [1.82, 2.24) is 9.47 Å². The molecule has 3 heterocycles. The quantitative estimate of drug-likeness (QED) is 0.639. The molecule has 2 aliphatic rings. The van der Waals surface area contributed by atoms with E-state index >= 15 is 0 Å². The summed E-state index contributed by atoms with van der Waals surface area (Å²) in [6.45, 7) is 5.99. The van der Waals surface area contributed by atoms with Crippen LogP contribution in [0.3, 0.4) is 0 Å². The normalized spacial score (nSPS) is 18.6. The highest BCUT2D eigenvalue weighted by molar-refractivity contribution is 6.35. The maximum Gasteiger partial charge on any atom is 0.340 e. The van der Waals surface area contributed by atoms with Gasteiger partial charge in [0.25, 0.3) is 5.56 Å². The van der Waals surface area contributed by atoms with E-state index in [4.69, 9.17) is 43.1 Å². The van der Waals surface area contributed by atoms with Crippen LogP contribution in [-0.4, -0.2) is 55.4 Å². The van der Waals surface area contributed by atoms with E-state index in [1.807, 2.05) is 6.92 Å². The molecule has 0 amide bonds. The molecule has 0 saturated carbocycles. The minimum atomic E-state index is -0.867. The molecule has 0 bridgehead atoms. The summed E-state index contributed by atoms with van der Waals surface area (Å²) in [5.41, 5.74) is 7.39. The lowest BCUT2D eigenvalue weighted by atomic mass is 9.83. The van der Waals surface area contributed by atoms with E-state index in [0.29, 0.717) is 47.7 Å². The van der Waals surface area contributed by atoms with Crippen molar-refractivity contribution in [3.05, 3.63) is 72.9 Å². The Morgan fingerprint density at radius 3 is 2.61 bits per heavy atom. The van der Waals surface area contributed by atoms with Gasteiger partial charge in [-0.1, -0.05) is 29.3 Å². The maximum absolute atomic E-state index is 13.8. The van der Waals surface area contributed by atoms with E-state index in [1.165, 1.54) is 7.11 Å². The van der Waals surface area contributed by atoms with Crippen LogP contribution in [0.15, 0.2) is 40.5 Å². The number of fused-ring (bicyclic) bond motifs is 1. The second-order valence-electron chi connectivity index (χ2n) is 7.94. The highest BCUT2D eigenvalue weighted by Crippen LogP contribution is 2.43. The molecule has 0 aliphatic carbocycles. The number of carbonyl (C=O) groups is 1. The molecule has 1 fully saturated rings. The molecule has 1 saturated heterocycles. The minimum Gasteiger partial charge on any atom is -0.465 e. The van der Waals surface area contributed by atoms with Gasteiger partial charge in [-0.15, -0.1) is 0 Å². The van der Waals surface area contributed by atoms with E-state index in [-0.39, 0.29) is 22.6 Å². The zero-order chi connectivity index (χ0) is 23.7. The molecule has 2 aliphatic heterocycles. The molecule has 2 aromatic rings. The van der Waals surface area contributed by atoms with Gasteiger partial charge in [-0.2, -0.15) is 0 Å². The number of carbonyl (C=O) groups excluding carboxylic acids is 1. The summed E-state index contributed by atoms with van der Waals surface area (Å²) in [4.78, 5) is 28.7. The van der Waals surface area contributed by atoms with E-state index in [0.717, 1.165) is 18.8 Å². The second kappa shape index (κ2) is 9.77. The van der Waals surface area contributed by atoms with Crippen LogP contribution in [0.1, 0.15) is 22.7 Å². The van der Waals surface area contributed by atoms with Crippen LogP contribution in [0.25, 0.3) is 0 Å². The Morgan fingerprint density at radius 1 is 1.21 bits per heavy atom. The van der Waals surface area contributed by atoms with E-state index in [1.54, 1.807) is 28.8 Å². The number of aryl methyl sites for hydroxylation is 1. The Labute approximate surface area is 201 Å². The highest BCUT2D eigenvalue weighted by Gasteiger charge is 2.39. The van der Waals surface area contributed by atoms with Gasteiger partial charge in [0.1, 0.15) is 11.3 Å². The summed E-state index contributed by atoms with van der Waals surface area (Å²) in [6.07, 6.45) is 0. The molecule has 1 unspecified atom stereocenters. The van der Waals surface area contributed by atoms with Crippen molar-refractivity contribution in [2.24, 2.45) is 5.73 Å². The van der Waals surface area contributed by atoms with Crippen LogP contribution in [0, 0.1) is 6.92 Å². The molecule has 0 radical (unpaired) electrons. The first-order valence-corrected chi connectivity index (χ1v) is 11.3. The first-order valence-electron chi connectivity index (χ1n) is 10.6. The maximum atomic E-state index is 13.8. The van der Waals surface area contributed by atoms with Crippen molar-refractivity contribution < 1.29 is 19.0 Å². The topological polar surface area (TPSA) is 96.0 Å². The largest absolute Gasteiger partial charge is 0.465 e. The van der Waals surface area contributed by atoms with Crippen LogP contribution in [0.4, 0.5) is 0 Å². The molecule has 10 heteroatoms. The lowest BCUT2D eigenvalue weighted by Crippen LogP contribution is -2.40. The summed E-state index contributed by atoms with van der Waals surface area (Å²) in [5.74, 6) is -1.40. The number of halogens is 2. The second-order valence-corrected chi connectivity index (χ2v) is 8.79. The number of ether oxygens (including phenoxy) is 3. The Kier molecular flexibility index (Phi) is 6.99. The molecule has 0 spiro atoms. The number of benzene rings is 1. The van der Waals surface area contributed by atoms with Gasteiger partial charge in [0.05, 0.1) is 31.8 Å². The van der Waals surface area contributed by atoms with Crippen molar-refractivity contribution in [3.63, 3.8) is 0 Å². The number of pyridine rings is 1. The monoisotopic (exact) mass is 493 g/mol. The SMILES string of the molecule is COC(=O)C1=C(N)Oc2cc(C)n(CCN3CCOCC3)c(=O)c2C1c1ccc(Cl)cc1Cl. The number of methoxy groups -OCH3 is 1. The Morgan fingerprint density at radius 2 is 1.94 bits per heavy atom.